The van der Waals surface area contributed by atoms with Gasteiger partial charge in [-0.3, -0.25) is 4.79 Å². The highest BCUT2D eigenvalue weighted by atomic mass is 35.5. The number of amides is 1. The molecule has 0 aliphatic carbocycles. The second kappa shape index (κ2) is 8.25. The van der Waals surface area contributed by atoms with E-state index in [2.05, 4.69) is 40.3 Å². The van der Waals surface area contributed by atoms with Crippen LogP contribution in [0, 0.1) is 0 Å². The molecular weight excluding hydrogens is 414 g/mol. The Morgan fingerprint density at radius 3 is 2.70 bits per heavy atom. The van der Waals surface area contributed by atoms with Gasteiger partial charge in [-0.05, 0) is 36.4 Å². The number of rotatable bonds is 4. The molecular formula is C24H22ClN3OS. The fraction of sp³-hybridized carbons (Fsp3) is 0.250. The second-order valence-electron chi connectivity index (χ2n) is 7.77. The van der Waals surface area contributed by atoms with Gasteiger partial charge in [-0.2, -0.15) is 0 Å². The SMILES string of the molecule is O=C(Cc1csc(-c2ccccc2Cl)n1)N1CCC(c2cc3ccccc3[nH]2)CC1. The van der Waals surface area contributed by atoms with Crippen LogP contribution in [0.4, 0.5) is 0 Å². The van der Waals surface area contributed by atoms with Gasteiger partial charge >= 0.3 is 0 Å². The Kier molecular flexibility index (Phi) is 5.32. The summed E-state index contributed by atoms with van der Waals surface area (Å²) in [5.41, 5.74) is 4.20. The van der Waals surface area contributed by atoms with Gasteiger partial charge in [0.1, 0.15) is 5.01 Å². The van der Waals surface area contributed by atoms with Crippen molar-refractivity contribution < 1.29 is 4.79 Å². The average molecular weight is 436 g/mol. The highest BCUT2D eigenvalue weighted by molar-refractivity contribution is 7.13. The number of halogens is 1. The predicted molar refractivity (Wildman–Crippen MR) is 123 cm³/mol. The number of benzene rings is 2. The van der Waals surface area contributed by atoms with Crippen LogP contribution in [0.2, 0.25) is 5.02 Å². The average Bonchev–Trinajstić information content (AvgIpc) is 3.41. The lowest BCUT2D eigenvalue weighted by atomic mass is 9.93. The molecule has 0 unspecified atom stereocenters. The van der Waals surface area contributed by atoms with E-state index in [1.165, 1.54) is 27.9 Å². The normalized spacial score (nSPS) is 15.0. The third-order valence-electron chi connectivity index (χ3n) is 5.83. The van der Waals surface area contributed by atoms with Crippen LogP contribution in [0.15, 0.2) is 60.0 Å². The number of thiazole rings is 1. The van der Waals surface area contributed by atoms with Crippen molar-refractivity contribution in [1.82, 2.24) is 14.9 Å². The van der Waals surface area contributed by atoms with Gasteiger partial charge in [-0.1, -0.05) is 48.0 Å². The Morgan fingerprint density at radius 2 is 1.90 bits per heavy atom. The molecule has 0 bridgehead atoms. The molecule has 0 atom stereocenters. The number of nitrogens with zero attached hydrogens (tertiary/aromatic N) is 2. The third kappa shape index (κ3) is 3.87. The Labute approximate surface area is 184 Å². The molecule has 1 N–H and O–H groups in total. The van der Waals surface area contributed by atoms with E-state index in [4.69, 9.17) is 11.6 Å². The van der Waals surface area contributed by atoms with Gasteiger partial charge in [0.25, 0.3) is 0 Å². The van der Waals surface area contributed by atoms with Crippen LogP contribution in [-0.4, -0.2) is 33.9 Å². The van der Waals surface area contributed by atoms with Gasteiger partial charge in [0.05, 0.1) is 17.1 Å². The maximum atomic E-state index is 12.8. The minimum absolute atomic E-state index is 0.154. The van der Waals surface area contributed by atoms with Crippen molar-refractivity contribution in [3.05, 3.63) is 76.4 Å². The standard InChI is InChI=1S/C24H22ClN3OS/c25-20-7-3-2-6-19(20)24-26-18(15-30-24)14-23(29)28-11-9-16(10-12-28)22-13-17-5-1-4-8-21(17)27-22/h1-8,13,15-16,27H,9-12,14H2. The number of aromatic amines is 1. The summed E-state index contributed by atoms with van der Waals surface area (Å²) in [6.45, 7) is 1.58. The molecule has 4 nitrogen and oxygen atoms in total. The molecule has 1 fully saturated rings. The lowest BCUT2D eigenvalue weighted by Gasteiger charge is -2.31. The van der Waals surface area contributed by atoms with E-state index in [1.54, 1.807) is 0 Å². The van der Waals surface area contributed by atoms with Crippen molar-refractivity contribution in [1.29, 1.82) is 0 Å². The molecule has 5 rings (SSSR count). The smallest absolute Gasteiger partial charge is 0.228 e. The van der Waals surface area contributed by atoms with Crippen LogP contribution in [0.25, 0.3) is 21.5 Å². The van der Waals surface area contributed by atoms with E-state index in [1.807, 2.05) is 34.5 Å². The van der Waals surface area contributed by atoms with Crippen LogP contribution in [0.3, 0.4) is 0 Å². The summed E-state index contributed by atoms with van der Waals surface area (Å²) in [5.74, 6) is 0.633. The number of aromatic nitrogens is 2. The van der Waals surface area contributed by atoms with Gasteiger partial charge in [0, 0.05) is 41.2 Å². The third-order valence-corrected chi connectivity index (χ3v) is 7.08. The zero-order chi connectivity index (χ0) is 20.5. The Bertz CT molecular complexity index is 1160. The molecule has 6 heteroatoms. The number of para-hydroxylation sites is 1. The quantitative estimate of drug-likeness (QED) is 0.434. The van der Waals surface area contributed by atoms with Crippen molar-refractivity contribution >= 4 is 39.7 Å². The topological polar surface area (TPSA) is 49.0 Å². The maximum Gasteiger partial charge on any atom is 0.228 e. The van der Waals surface area contributed by atoms with Gasteiger partial charge in [-0.15, -0.1) is 11.3 Å². The van der Waals surface area contributed by atoms with Crippen LogP contribution in [0.1, 0.15) is 30.1 Å². The van der Waals surface area contributed by atoms with Gasteiger partial charge < -0.3 is 9.88 Å². The number of piperidine rings is 1. The second-order valence-corrected chi connectivity index (χ2v) is 9.03. The van der Waals surface area contributed by atoms with Crippen LogP contribution in [0.5, 0.6) is 0 Å². The molecule has 30 heavy (non-hydrogen) atoms. The summed E-state index contributed by atoms with van der Waals surface area (Å²) in [6.07, 6.45) is 2.32. The summed E-state index contributed by atoms with van der Waals surface area (Å²) in [6, 6.07) is 18.3. The van der Waals surface area contributed by atoms with Crippen molar-refractivity contribution in [2.24, 2.45) is 0 Å². The molecule has 152 valence electrons. The van der Waals surface area contributed by atoms with Crippen molar-refractivity contribution in [2.75, 3.05) is 13.1 Å². The zero-order valence-electron chi connectivity index (χ0n) is 16.5. The fourth-order valence-corrected chi connectivity index (χ4v) is 5.31. The van der Waals surface area contributed by atoms with Gasteiger partial charge in [0.15, 0.2) is 0 Å². The van der Waals surface area contributed by atoms with Crippen LogP contribution >= 0.6 is 22.9 Å². The number of hydrogen-bond donors (Lipinski definition) is 1. The Balaban J connectivity index is 1.21. The molecule has 0 radical (unpaired) electrons. The first kappa shape index (κ1) is 19.3. The summed E-state index contributed by atoms with van der Waals surface area (Å²) >= 11 is 7.81. The van der Waals surface area contributed by atoms with E-state index in [0.717, 1.165) is 42.2 Å². The minimum atomic E-state index is 0.154. The molecule has 1 aliphatic rings. The van der Waals surface area contributed by atoms with Crippen LogP contribution in [-0.2, 0) is 11.2 Å². The highest BCUT2D eigenvalue weighted by Crippen LogP contribution is 2.32. The van der Waals surface area contributed by atoms with E-state index in [-0.39, 0.29) is 5.91 Å². The summed E-state index contributed by atoms with van der Waals surface area (Å²) in [5, 5.41) is 4.77. The molecule has 1 aliphatic heterocycles. The minimum Gasteiger partial charge on any atom is -0.358 e. The van der Waals surface area contributed by atoms with Crippen molar-refractivity contribution in [3.63, 3.8) is 0 Å². The number of carbonyl (C=O) groups excluding carboxylic acids is 1. The molecule has 3 heterocycles. The van der Waals surface area contributed by atoms with E-state index >= 15 is 0 Å². The first-order valence-electron chi connectivity index (χ1n) is 10.2. The first-order chi connectivity index (χ1) is 14.7. The molecule has 1 amide bonds. The molecule has 4 aromatic rings. The van der Waals surface area contributed by atoms with Gasteiger partial charge in [0.2, 0.25) is 5.91 Å². The molecule has 2 aromatic carbocycles. The van der Waals surface area contributed by atoms with E-state index in [9.17, 15) is 4.79 Å². The van der Waals surface area contributed by atoms with Gasteiger partial charge in [-0.25, -0.2) is 4.98 Å². The Morgan fingerprint density at radius 1 is 1.13 bits per heavy atom. The first-order valence-corrected chi connectivity index (χ1v) is 11.5. The predicted octanol–water partition coefficient (Wildman–Crippen LogP) is 5.89. The van der Waals surface area contributed by atoms with E-state index in [0.29, 0.717) is 17.4 Å². The number of hydrogen-bond acceptors (Lipinski definition) is 3. The fourth-order valence-electron chi connectivity index (χ4n) is 4.17. The lowest BCUT2D eigenvalue weighted by Crippen LogP contribution is -2.38. The van der Waals surface area contributed by atoms with Crippen molar-refractivity contribution in [2.45, 2.75) is 25.2 Å². The van der Waals surface area contributed by atoms with Crippen LogP contribution < -0.4 is 0 Å². The largest absolute Gasteiger partial charge is 0.358 e. The number of likely N-dealkylation sites (tertiary alicyclic amines) is 1. The number of nitrogens with one attached hydrogen (secondary N) is 1. The maximum absolute atomic E-state index is 12.8. The summed E-state index contributed by atoms with van der Waals surface area (Å²) in [4.78, 5) is 23.0. The number of fused-ring (bicyclic) bond motifs is 1. The molecule has 1 saturated heterocycles. The Hall–Kier alpha value is -2.63. The molecule has 2 aromatic heterocycles. The zero-order valence-corrected chi connectivity index (χ0v) is 18.0. The van der Waals surface area contributed by atoms with E-state index < -0.39 is 0 Å². The highest BCUT2D eigenvalue weighted by Gasteiger charge is 2.25. The summed E-state index contributed by atoms with van der Waals surface area (Å²) in [7, 11) is 0. The lowest BCUT2D eigenvalue weighted by molar-refractivity contribution is -0.131. The molecule has 0 saturated carbocycles. The number of H-pyrrole nitrogens is 1. The molecule has 0 spiro atoms. The number of carbonyl (C=O) groups is 1. The van der Waals surface area contributed by atoms with Crippen molar-refractivity contribution in [3.8, 4) is 10.6 Å². The monoisotopic (exact) mass is 435 g/mol. The summed E-state index contributed by atoms with van der Waals surface area (Å²) < 4.78 is 0.